The van der Waals surface area contributed by atoms with Crippen molar-refractivity contribution in [3.05, 3.63) is 29.8 Å². The van der Waals surface area contributed by atoms with E-state index in [1.54, 1.807) is 7.11 Å². The largest absolute Gasteiger partial charge is 0.496 e. The van der Waals surface area contributed by atoms with E-state index >= 15 is 0 Å². The van der Waals surface area contributed by atoms with Crippen molar-refractivity contribution < 1.29 is 13.2 Å². The second-order valence-corrected chi connectivity index (χ2v) is 6.07. The van der Waals surface area contributed by atoms with E-state index in [1.165, 1.54) is 0 Å². The Labute approximate surface area is 90.0 Å². The van der Waals surface area contributed by atoms with Crippen molar-refractivity contribution in [3.8, 4) is 5.75 Å². The zero-order valence-electron chi connectivity index (χ0n) is 8.64. The SMILES string of the molecule is COc1ccccc1[C@H]1CCS(=O)(=O)C1. The van der Waals surface area contributed by atoms with E-state index < -0.39 is 9.84 Å². The Morgan fingerprint density at radius 3 is 2.67 bits per heavy atom. The van der Waals surface area contributed by atoms with Gasteiger partial charge in [0, 0.05) is 5.92 Å². The highest BCUT2D eigenvalue weighted by Gasteiger charge is 2.30. The van der Waals surface area contributed by atoms with E-state index in [0.29, 0.717) is 12.2 Å². The number of para-hydroxylation sites is 1. The number of rotatable bonds is 2. The molecule has 0 aliphatic carbocycles. The minimum atomic E-state index is -2.82. The van der Waals surface area contributed by atoms with Gasteiger partial charge >= 0.3 is 0 Å². The predicted octanol–water partition coefficient (Wildman–Crippen LogP) is 1.60. The summed E-state index contributed by atoms with van der Waals surface area (Å²) in [5, 5.41) is 0. The average molecular weight is 226 g/mol. The van der Waals surface area contributed by atoms with Crippen LogP contribution in [0.15, 0.2) is 24.3 Å². The molecule has 0 amide bonds. The quantitative estimate of drug-likeness (QED) is 0.769. The molecule has 0 bridgehead atoms. The molecule has 0 spiro atoms. The van der Waals surface area contributed by atoms with Crippen molar-refractivity contribution in [1.82, 2.24) is 0 Å². The van der Waals surface area contributed by atoms with Gasteiger partial charge in [0.15, 0.2) is 9.84 Å². The number of benzene rings is 1. The van der Waals surface area contributed by atoms with E-state index in [0.717, 1.165) is 11.3 Å². The van der Waals surface area contributed by atoms with E-state index in [4.69, 9.17) is 4.74 Å². The number of ether oxygens (including phenoxy) is 1. The van der Waals surface area contributed by atoms with Gasteiger partial charge in [-0.3, -0.25) is 0 Å². The Morgan fingerprint density at radius 1 is 1.33 bits per heavy atom. The summed E-state index contributed by atoms with van der Waals surface area (Å²) in [5.74, 6) is 1.45. The first-order valence-electron chi connectivity index (χ1n) is 4.96. The van der Waals surface area contributed by atoms with Crippen LogP contribution in [0.25, 0.3) is 0 Å². The molecule has 1 aromatic rings. The van der Waals surface area contributed by atoms with Gasteiger partial charge in [0.1, 0.15) is 5.75 Å². The normalized spacial score (nSPS) is 23.9. The summed E-state index contributed by atoms with van der Waals surface area (Å²) in [6, 6.07) is 7.64. The average Bonchev–Trinajstić information content (AvgIpc) is 2.59. The van der Waals surface area contributed by atoms with E-state index in [-0.39, 0.29) is 11.7 Å². The Kier molecular flexibility index (Phi) is 2.69. The van der Waals surface area contributed by atoms with Crippen molar-refractivity contribution in [2.24, 2.45) is 0 Å². The molecule has 1 aliphatic rings. The molecular weight excluding hydrogens is 212 g/mol. The smallest absolute Gasteiger partial charge is 0.150 e. The van der Waals surface area contributed by atoms with Crippen LogP contribution in [0.2, 0.25) is 0 Å². The third-order valence-electron chi connectivity index (χ3n) is 2.81. The fourth-order valence-electron chi connectivity index (χ4n) is 2.04. The summed E-state index contributed by atoms with van der Waals surface area (Å²) < 4.78 is 28.0. The minimum absolute atomic E-state index is 0.103. The molecule has 1 atom stereocenters. The lowest BCUT2D eigenvalue weighted by Crippen LogP contribution is -2.04. The summed E-state index contributed by atoms with van der Waals surface area (Å²) in [6.45, 7) is 0. The fourth-order valence-corrected chi connectivity index (χ4v) is 3.81. The van der Waals surface area contributed by atoms with E-state index in [2.05, 4.69) is 0 Å². The number of hydrogen-bond acceptors (Lipinski definition) is 3. The highest BCUT2D eigenvalue weighted by molar-refractivity contribution is 7.91. The predicted molar refractivity (Wildman–Crippen MR) is 59.0 cm³/mol. The summed E-state index contributed by atoms with van der Waals surface area (Å²) in [7, 11) is -1.21. The van der Waals surface area contributed by atoms with Crippen LogP contribution >= 0.6 is 0 Å². The fraction of sp³-hybridized carbons (Fsp3) is 0.455. The minimum Gasteiger partial charge on any atom is -0.496 e. The maximum absolute atomic E-state index is 11.4. The monoisotopic (exact) mass is 226 g/mol. The Hall–Kier alpha value is -1.03. The molecule has 0 aromatic heterocycles. The molecule has 1 saturated heterocycles. The molecule has 0 N–H and O–H groups in total. The lowest BCUT2D eigenvalue weighted by atomic mass is 9.98. The third-order valence-corrected chi connectivity index (χ3v) is 4.58. The zero-order chi connectivity index (χ0) is 10.9. The molecule has 4 heteroatoms. The van der Waals surface area contributed by atoms with Crippen LogP contribution in [0.4, 0.5) is 0 Å². The first-order chi connectivity index (χ1) is 7.12. The summed E-state index contributed by atoms with van der Waals surface area (Å²) in [6.07, 6.45) is 0.711. The van der Waals surface area contributed by atoms with E-state index in [1.807, 2.05) is 24.3 Å². The zero-order valence-corrected chi connectivity index (χ0v) is 9.46. The van der Waals surface area contributed by atoms with Crippen molar-refractivity contribution in [3.63, 3.8) is 0 Å². The highest BCUT2D eigenvalue weighted by Crippen LogP contribution is 2.34. The van der Waals surface area contributed by atoms with Crippen LogP contribution in [0.3, 0.4) is 0 Å². The van der Waals surface area contributed by atoms with Gasteiger partial charge < -0.3 is 4.74 Å². The van der Waals surface area contributed by atoms with Crippen LogP contribution in [0.5, 0.6) is 5.75 Å². The standard InChI is InChI=1S/C11H14O3S/c1-14-11-5-3-2-4-10(11)9-6-7-15(12,13)8-9/h2-5,9H,6-8H2,1H3/t9-/m0/s1. The Balaban J connectivity index is 2.31. The van der Waals surface area contributed by atoms with Gasteiger partial charge in [-0.25, -0.2) is 8.42 Å². The molecule has 0 radical (unpaired) electrons. The second kappa shape index (κ2) is 3.85. The van der Waals surface area contributed by atoms with Gasteiger partial charge in [0.25, 0.3) is 0 Å². The van der Waals surface area contributed by atoms with Crippen molar-refractivity contribution >= 4 is 9.84 Å². The molecule has 15 heavy (non-hydrogen) atoms. The maximum Gasteiger partial charge on any atom is 0.150 e. The first kappa shape index (κ1) is 10.5. The lowest BCUT2D eigenvalue weighted by Gasteiger charge is -2.12. The molecule has 2 rings (SSSR count). The second-order valence-electron chi connectivity index (χ2n) is 3.84. The molecule has 3 nitrogen and oxygen atoms in total. The molecule has 82 valence electrons. The highest BCUT2D eigenvalue weighted by atomic mass is 32.2. The van der Waals surface area contributed by atoms with Gasteiger partial charge in [0.2, 0.25) is 0 Å². The van der Waals surface area contributed by atoms with Gasteiger partial charge in [0.05, 0.1) is 18.6 Å². The number of methoxy groups -OCH3 is 1. The van der Waals surface area contributed by atoms with Crippen LogP contribution in [0.1, 0.15) is 17.9 Å². The van der Waals surface area contributed by atoms with Gasteiger partial charge in [-0.2, -0.15) is 0 Å². The maximum atomic E-state index is 11.4. The topological polar surface area (TPSA) is 43.4 Å². The van der Waals surface area contributed by atoms with Crippen molar-refractivity contribution in [2.45, 2.75) is 12.3 Å². The third kappa shape index (κ3) is 2.15. The van der Waals surface area contributed by atoms with Gasteiger partial charge in [-0.15, -0.1) is 0 Å². The molecule has 1 aliphatic heterocycles. The van der Waals surface area contributed by atoms with Gasteiger partial charge in [-0.05, 0) is 18.1 Å². The molecular formula is C11H14O3S. The van der Waals surface area contributed by atoms with E-state index in [9.17, 15) is 8.42 Å². The van der Waals surface area contributed by atoms with Crippen molar-refractivity contribution in [1.29, 1.82) is 0 Å². The summed E-state index contributed by atoms with van der Waals surface area (Å²) in [4.78, 5) is 0. The molecule has 1 aromatic carbocycles. The number of sulfone groups is 1. The van der Waals surface area contributed by atoms with Crippen LogP contribution < -0.4 is 4.74 Å². The lowest BCUT2D eigenvalue weighted by molar-refractivity contribution is 0.406. The molecule has 0 saturated carbocycles. The Morgan fingerprint density at radius 2 is 2.07 bits per heavy atom. The number of hydrogen-bond donors (Lipinski definition) is 0. The molecule has 1 fully saturated rings. The Bertz CT molecular complexity index is 451. The summed E-state index contributed by atoms with van der Waals surface area (Å²) in [5.41, 5.74) is 1.01. The van der Waals surface area contributed by atoms with Crippen LogP contribution in [0, 0.1) is 0 Å². The molecule has 0 unspecified atom stereocenters. The van der Waals surface area contributed by atoms with Crippen molar-refractivity contribution in [2.75, 3.05) is 18.6 Å². The first-order valence-corrected chi connectivity index (χ1v) is 6.78. The summed E-state index contributed by atoms with van der Waals surface area (Å²) >= 11 is 0. The van der Waals surface area contributed by atoms with Gasteiger partial charge in [-0.1, -0.05) is 18.2 Å². The molecule has 1 heterocycles. The van der Waals surface area contributed by atoms with Crippen LogP contribution in [-0.2, 0) is 9.84 Å². The van der Waals surface area contributed by atoms with Crippen LogP contribution in [-0.4, -0.2) is 27.0 Å².